The van der Waals surface area contributed by atoms with E-state index in [0.717, 1.165) is 5.56 Å². The van der Waals surface area contributed by atoms with Crippen molar-refractivity contribution in [3.05, 3.63) is 35.9 Å². The van der Waals surface area contributed by atoms with E-state index in [1.54, 1.807) is 0 Å². The SMILES string of the molecule is O=C(O)C1=NN2C(N1)[C@@H](F)C[C@H]2c1ccccc1. The van der Waals surface area contributed by atoms with Crippen LogP contribution >= 0.6 is 0 Å². The highest BCUT2D eigenvalue weighted by Gasteiger charge is 2.46. The van der Waals surface area contributed by atoms with Crippen molar-refractivity contribution in [3.8, 4) is 0 Å². The summed E-state index contributed by atoms with van der Waals surface area (Å²) in [5.41, 5.74) is 0.944. The Bertz CT molecular complexity index is 505. The molecule has 0 spiro atoms. The first-order chi connectivity index (χ1) is 8.66. The summed E-state index contributed by atoms with van der Waals surface area (Å²) in [6.07, 6.45) is -1.48. The molecule has 1 saturated heterocycles. The fourth-order valence-electron chi connectivity index (χ4n) is 2.45. The Kier molecular flexibility index (Phi) is 2.43. The lowest BCUT2D eigenvalue weighted by Crippen LogP contribution is -2.41. The molecule has 2 aliphatic rings. The number of hydrogen-bond acceptors (Lipinski definition) is 4. The van der Waals surface area contributed by atoms with E-state index in [4.69, 9.17) is 5.11 Å². The molecule has 3 atom stereocenters. The van der Waals surface area contributed by atoms with E-state index in [0.29, 0.717) is 6.42 Å². The summed E-state index contributed by atoms with van der Waals surface area (Å²) in [6, 6.07) is 9.22. The molecule has 2 N–H and O–H groups in total. The molecule has 1 aromatic rings. The largest absolute Gasteiger partial charge is 0.475 e. The zero-order chi connectivity index (χ0) is 12.7. The monoisotopic (exact) mass is 249 g/mol. The second-order valence-corrected chi connectivity index (χ2v) is 4.40. The van der Waals surface area contributed by atoms with Gasteiger partial charge >= 0.3 is 5.97 Å². The van der Waals surface area contributed by atoms with E-state index >= 15 is 0 Å². The maximum Gasteiger partial charge on any atom is 0.373 e. The van der Waals surface area contributed by atoms with E-state index in [2.05, 4.69) is 10.4 Å². The maximum absolute atomic E-state index is 13.9. The van der Waals surface area contributed by atoms with Crippen molar-refractivity contribution < 1.29 is 14.3 Å². The second kappa shape index (κ2) is 3.97. The summed E-state index contributed by atoms with van der Waals surface area (Å²) >= 11 is 0. The first-order valence-electron chi connectivity index (χ1n) is 5.72. The Hall–Kier alpha value is -2.11. The normalized spacial score (nSPS) is 29.7. The lowest BCUT2D eigenvalue weighted by molar-refractivity contribution is -0.129. The number of amidine groups is 1. The molecular formula is C12H12FN3O2. The number of hydrogen-bond donors (Lipinski definition) is 2. The molecule has 0 saturated carbocycles. The molecular weight excluding hydrogens is 237 g/mol. The first-order valence-corrected chi connectivity index (χ1v) is 5.72. The number of nitrogens with one attached hydrogen (secondary N) is 1. The number of carboxylic acid groups (broad SMARTS) is 1. The smallest absolute Gasteiger partial charge is 0.373 e. The number of halogens is 1. The van der Waals surface area contributed by atoms with Crippen LogP contribution in [0.5, 0.6) is 0 Å². The summed E-state index contributed by atoms with van der Waals surface area (Å²) in [4.78, 5) is 10.8. The van der Waals surface area contributed by atoms with Gasteiger partial charge in [-0.25, -0.2) is 9.18 Å². The van der Waals surface area contributed by atoms with Gasteiger partial charge in [0.2, 0.25) is 5.84 Å². The van der Waals surface area contributed by atoms with Crippen molar-refractivity contribution in [2.75, 3.05) is 0 Å². The van der Waals surface area contributed by atoms with Crippen LogP contribution in [0, 0.1) is 0 Å². The van der Waals surface area contributed by atoms with Gasteiger partial charge in [0.25, 0.3) is 0 Å². The summed E-state index contributed by atoms with van der Waals surface area (Å²) in [5.74, 6) is -1.35. The summed E-state index contributed by atoms with van der Waals surface area (Å²) < 4.78 is 13.9. The van der Waals surface area contributed by atoms with E-state index in [1.165, 1.54) is 5.01 Å². The molecule has 6 heteroatoms. The molecule has 1 unspecified atom stereocenters. The summed E-state index contributed by atoms with van der Waals surface area (Å²) in [5, 5.41) is 16.9. The molecule has 0 bridgehead atoms. The van der Waals surface area contributed by atoms with Gasteiger partial charge in [-0.2, -0.15) is 0 Å². The first kappa shape index (κ1) is 11.0. The van der Waals surface area contributed by atoms with Gasteiger partial charge in [0.1, 0.15) is 12.3 Å². The third-order valence-electron chi connectivity index (χ3n) is 3.28. The van der Waals surface area contributed by atoms with Crippen LogP contribution in [0.15, 0.2) is 35.4 Å². The number of hydrazone groups is 1. The lowest BCUT2D eigenvalue weighted by Gasteiger charge is -2.21. The second-order valence-electron chi connectivity index (χ2n) is 4.40. The van der Waals surface area contributed by atoms with Crippen LogP contribution in [0.2, 0.25) is 0 Å². The third-order valence-corrected chi connectivity index (χ3v) is 3.28. The van der Waals surface area contributed by atoms with Crippen LogP contribution in [0.3, 0.4) is 0 Å². The van der Waals surface area contributed by atoms with Gasteiger partial charge in [-0.3, -0.25) is 5.01 Å². The topological polar surface area (TPSA) is 64.9 Å². The van der Waals surface area contributed by atoms with Gasteiger partial charge in [0.15, 0.2) is 0 Å². The van der Waals surface area contributed by atoms with Crippen LogP contribution in [0.25, 0.3) is 0 Å². The van der Waals surface area contributed by atoms with Crippen molar-refractivity contribution in [1.29, 1.82) is 0 Å². The average molecular weight is 249 g/mol. The van der Waals surface area contributed by atoms with Gasteiger partial charge in [-0.1, -0.05) is 30.3 Å². The van der Waals surface area contributed by atoms with Gasteiger partial charge < -0.3 is 10.4 Å². The van der Waals surface area contributed by atoms with Gasteiger partial charge in [-0.05, 0) is 5.56 Å². The highest BCUT2D eigenvalue weighted by molar-refractivity contribution is 6.34. The van der Waals surface area contributed by atoms with E-state index < -0.39 is 18.3 Å². The number of fused-ring (bicyclic) bond motifs is 1. The Morgan fingerprint density at radius 3 is 2.83 bits per heavy atom. The quantitative estimate of drug-likeness (QED) is 0.823. The number of alkyl halides is 1. The van der Waals surface area contributed by atoms with Crippen LogP contribution in [0.1, 0.15) is 18.0 Å². The minimum Gasteiger partial charge on any atom is -0.475 e. The Morgan fingerprint density at radius 1 is 1.44 bits per heavy atom. The summed E-state index contributed by atoms with van der Waals surface area (Å²) in [6.45, 7) is 0. The maximum atomic E-state index is 13.9. The molecule has 5 nitrogen and oxygen atoms in total. The molecule has 2 aliphatic heterocycles. The Morgan fingerprint density at radius 2 is 2.17 bits per heavy atom. The van der Waals surface area contributed by atoms with Crippen LogP contribution in [0.4, 0.5) is 4.39 Å². The van der Waals surface area contributed by atoms with Crippen LogP contribution in [-0.4, -0.2) is 34.3 Å². The lowest BCUT2D eigenvalue weighted by atomic mass is 10.1. The highest BCUT2D eigenvalue weighted by atomic mass is 19.1. The minimum absolute atomic E-state index is 0.191. The molecule has 3 rings (SSSR count). The fraction of sp³-hybridized carbons (Fsp3) is 0.333. The zero-order valence-corrected chi connectivity index (χ0v) is 9.45. The van der Waals surface area contributed by atoms with Gasteiger partial charge in [0, 0.05) is 6.42 Å². The van der Waals surface area contributed by atoms with Crippen molar-refractivity contribution in [2.45, 2.75) is 24.8 Å². The van der Waals surface area contributed by atoms with Crippen molar-refractivity contribution in [2.24, 2.45) is 5.10 Å². The molecule has 0 amide bonds. The number of aliphatic carboxylic acids is 1. The predicted octanol–water partition coefficient (Wildman–Crippen LogP) is 1.10. The molecule has 94 valence electrons. The molecule has 2 heterocycles. The summed E-state index contributed by atoms with van der Waals surface area (Å²) in [7, 11) is 0. The standard InChI is InChI=1S/C12H12FN3O2/c13-8-6-9(7-4-2-1-3-5-7)16-11(8)14-10(15-16)12(17)18/h1-5,8-9,11H,6H2,(H,14,15)(H,17,18)/t8-,9-,11?/m0/s1. The number of nitrogens with zero attached hydrogens (tertiary/aromatic N) is 2. The number of rotatable bonds is 2. The Labute approximate surface area is 103 Å². The third kappa shape index (κ3) is 1.61. The van der Waals surface area contributed by atoms with Crippen molar-refractivity contribution >= 4 is 11.8 Å². The average Bonchev–Trinajstić information content (AvgIpc) is 2.92. The highest BCUT2D eigenvalue weighted by Crippen LogP contribution is 2.38. The van der Waals surface area contributed by atoms with E-state index in [9.17, 15) is 9.18 Å². The molecule has 18 heavy (non-hydrogen) atoms. The predicted molar refractivity (Wildman–Crippen MR) is 62.5 cm³/mol. The minimum atomic E-state index is -1.16. The van der Waals surface area contributed by atoms with Crippen LogP contribution in [-0.2, 0) is 4.79 Å². The molecule has 0 aliphatic carbocycles. The van der Waals surface area contributed by atoms with E-state index in [-0.39, 0.29) is 11.9 Å². The molecule has 0 radical (unpaired) electrons. The number of carboxylic acids is 1. The fourth-order valence-corrected chi connectivity index (χ4v) is 2.45. The van der Waals surface area contributed by atoms with Gasteiger partial charge in [-0.15, -0.1) is 5.10 Å². The van der Waals surface area contributed by atoms with Crippen molar-refractivity contribution in [1.82, 2.24) is 10.3 Å². The van der Waals surface area contributed by atoms with Gasteiger partial charge in [0.05, 0.1) is 6.04 Å². The zero-order valence-electron chi connectivity index (χ0n) is 9.45. The Balaban J connectivity index is 1.92. The molecule has 1 fully saturated rings. The van der Waals surface area contributed by atoms with E-state index in [1.807, 2.05) is 30.3 Å². The van der Waals surface area contributed by atoms with Crippen molar-refractivity contribution in [3.63, 3.8) is 0 Å². The number of carbonyl (C=O) groups is 1. The molecule has 1 aromatic carbocycles. The number of benzene rings is 1. The van der Waals surface area contributed by atoms with Crippen LogP contribution < -0.4 is 5.32 Å². The molecule has 0 aromatic heterocycles.